The largest absolute Gasteiger partial charge is 0.465 e. The number of halogens is 2. The zero-order chi connectivity index (χ0) is 28.1. The van der Waals surface area contributed by atoms with Crippen LogP contribution < -0.4 is 0 Å². The third kappa shape index (κ3) is 3.91. The van der Waals surface area contributed by atoms with Crippen LogP contribution in [-0.2, 0) is 48.2 Å². The van der Waals surface area contributed by atoms with E-state index in [1.165, 1.54) is 6.42 Å². The molecule has 0 radical (unpaired) electrons. The molecule has 6 unspecified atom stereocenters. The van der Waals surface area contributed by atoms with Crippen molar-refractivity contribution >= 4 is 34.0 Å². The Morgan fingerprint density at radius 3 is 2.23 bits per heavy atom. The third-order valence-electron chi connectivity index (χ3n) is 10.3. The molecule has 14 heteroatoms. The molecule has 0 aromatic carbocycles. The molecular weight excluding hydrogens is 546 g/mol. The second kappa shape index (κ2) is 8.82. The summed E-state index contributed by atoms with van der Waals surface area (Å²) in [5.41, 5.74) is -0.594. The minimum Gasteiger partial charge on any atom is -0.458 e. The van der Waals surface area contributed by atoms with Gasteiger partial charge in [-0.05, 0) is 68.6 Å². The standard InChI is InChI=1S/C25H30F2O11S/c1-2-24(12-4-10-3-11(6-12)7-13(24)5-10)38-16(28)9-35-21(29)17-14-8-15-18(17)22(30)36-19(15)20(14)37-23(31)25(26,27)39(32,33)34/h10-15,17-20H,2-9H2,1H3,(H,32,33,34). The van der Waals surface area contributed by atoms with E-state index in [9.17, 15) is 36.4 Å². The van der Waals surface area contributed by atoms with Gasteiger partial charge in [0, 0.05) is 11.8 Å². The number of fused-ring (bicyclic) bond motifs is 1. The summed E-state index contributed by atoms with van der Waals surface area (Å²) >= 11 is 0. The van der Waals surface area contributed by atoms with Crippen molar-refractivity contribution in [2.24, 2.45) is 47.3 Å². The van der Waals surface area contributed by atoms with E-state index < -0.39 is 87.3 Å². The lowest BCUT2D eigenvalue weighted by molar-refractivity contribution is -0.214. The maximum atomic E-state index is 13.8. The smallest absolute Gasteiger partial charge is 0.458 e. The number of esters is 4. The highest BCUT2D eigenvalue weighted by Gasteiger charge is 2.71. The van der Waals surface area contributed by atoms with Crippen LogP contribution in [0.1, 0.15) is 51.9 Å². The molecule has 0 spiro atoms. The molecule has 0 aromatic rings. The SMILES string of the molecule is CCC1(OC(=O)COC(=O)C2C3CC4C(OC(=O)C42)C3OC(=O)C(F)(F)S(=O)(=O)O)C2CC3CC(C2)CC1C3. The van der Waals surface area contributed by atoms with Gasteiger partial charge in [-0.3, -0.25) is 14.1 Å². The van der Waals surface area contributed by atoms with Crippen LogP contribution in [0.15, 0.2) is 0 Å². The zero-order valence-corrected chi connectivity index (χ0v) is 21.9. The number of carbonyl (C=O) groups is 4. The zero-order valence-electron chi connectivity index (χ0n) is 21.1. The van der Waals surface area contributed by atoms with E-state index in [-0.39, 0.29) is 18.3 Å². The fraction of sp³-hybridized carbons (Fsp3) is 0.840. The Labute approximate surface area is 223 Å². The van der Waals surface area contributed by atoms with Gasteiger partial charge < -0.3 is 18.9 Å². The molecule has 0 amide bonds. The van der Waals surface area contributed by atoms with Crippen LogP contribution >= 0.6 is 0 Å². The molecule has 6 atom stereocenters. The van der Waals surface area contributed by atoms with E-state index >= 15 is 0 Å². The Morgan fingerprint density at radius 1 is 1.05 bits per heavy atom. The van der Waals surface area contributed by atoms with Gasteiger partial charge in [-0.1, -0.05) is 6.92 Å². The number of ether oxygens (including phenoxy) is 4. The van der Waals surface area contributed by atoms with E-state index in [1.54, 1.807) is 0 Å². The predicted molar refractivity (Wildman–Crippen MR) is 122 cm³/mol. The molecule has 1 aliphatic heterocycles. The summed E-state index contributed by atoms with van der Waals surface area (Å²) in [5, 5.41) is -5.25. The summed E-state index contributed by atoms with van der Waals surface area (Å²) in [4.78, 5) is 50.4. The average Bonchev–Trinajstić information content (AvgIpc) is 3.47. The lowest BCUT2D eigenvalue weighted by Crippen LogP contribution is -2.59. The molecule has 6 bridgehead atoms. The first-order valence-corrected chi connectivity index (χ1v) is 14.9. The molecule has 7 rings (SSSR count). The maximum Gasteiger partial charge on any atom is 0.465 e. The lowest BCUT2D eigenvalue weighted by Gasteiger charge is -2.60. The molecule has 39 heavy (non-hydrogen) atoms. The molecule has 216 valence electrons. The molecule has 1 N–H and O–H groups in total. The lowest BCUT2D eigenvalue weighted by atomic mass is 9.49. The molecule has 1 heterocycles. The molecule has 0 aromatic heterocycles. The number of carbonyl (C=O) groups excluding carboxylic acids is 4. The van der Waals surface area contributed by atoms with Crippen LogP contribution in [-0.4, -0.2) is 66.5 Å². The first-order valence-electron chi connectivity index (χ1n) is 13.4. The van der Waals surface area contributed by atoms with E-state index in [2.05, 4.69) is 0 Å². The van der Waals surface area contributed by atoms with Crippen molar-refractivity contribution in [2.45, 2.75) is 74.9 Å². The van der Waals surface area contributed by atoms with Gasteiger partial charge in [0.25, 0.3) is 0 Å². The molecule has 1 saturated heterocycles. The van der Waals surface area contributed by atoms with Gasteiger partial charge in [0.1, 0.15) is 17.8 Å². The predicted octanol–water partition coefficient (Wildman–Crippen LogP) is 1.88. The molecular formula is C25H30F2O11S. The minimum atomic E-state index is -6.11. The first kappa shape index (κ1) is 26.9. The van der Waals surface area contributed by atoms with Crippen LogP contribution in [0.4, 0.5) is 8.78 Å². The van der Waals surface area contributed by atoms with Crippen LogP contribution in [0.3, 0.4) is 0 Å². The van der Waals surface area contributed by atoms with Crippen LogP contribution in [0.5, 0.6) is 0 Å². The summed E-state index contributed by atoms with van der Waals surface area (Å²) in [6.45, 7) is 1.29. The van der Waals surface area contributed by atoms with Crippen molar-refractivity contribution in [1.29, 1.82) is 0 Å². The van der Waals surface area contributed by atoms with E-state index in [0.29, 0.717) is 18.3 Å². The highest BCUT2D eigenvalue weighted by Crippen LogP contribution is 2.61. The maximum absolute atomic E-state index is 13.8. The number of hydrogen-bond donors (Lipinski definition) is 1. The molecule has 7 fully saturated rings. The normalized spacial score (nSPS) is 43.3. The van der Waals surface area contributed by atoms with Crippen molar-refractivity contribution in [3.8, 4) is 0 Å². The third-order valence-corrected chi connectivity index (χ3v) is 11.1. The first-order chi connectivity index (χ1) is 18.3. The Bertz CT molecular complexity index is 1190. The number of hydrogen-bond acceptors (Lipinski definition) is 10. The van der Waals surface area contributed by atoms with Gasteiger partial charge >= 0.3 is 39.2 Å². The monoisotopic (exact) mass is 576 g/mol. The molecule has 6 aliphatic carbocycles. The topological polar surface area (TPSA) is 160 Å². The average molecular weight is 577 g/mol. The van der Waals surface area contributed by atoms with Crippen molar-refractivity contribution in [2.75, 3.05) is 6.61 Å². The van der Waals surface area contributed by atoms with Crippen molar-refractivity contribution in [3.63, 3.8) is 0 Å². The van der Waals surface area contributed by atoms with Gasteiger partial charge in [0.15, 0.2) is 6.61 Å². The van der Waals surface area contributed by atoms with Crippen LogP contribution in [0.2, 0.25) is 0 Å². The van der Waals surface area contributed by atoms with E-state index in [0.717, 1.165) is 25.7 Å². The molecule has 6 saturated carbocycles. The summed E-state index contributed by atoms with van der Waals surface area (Å²) in [6, 6.07) is 0. The van der Waals surface area contributed by atoms with E-state index in [4.69, 9.17) is 23.5 Å². The van der Waals surface area contributed by atoms with Crippen LogP contribution in [0, 0.1) is 47.3 Å². The van der Waals surface area contributed by atoms with Gasteiger partial charge in [-0.2, -0.15) is 17.2 Å². The fourth-order valence-electron chi connectivity index (χ4n) is 9.03. The molecule has 7 aliphatic rings. The summed E-state index contributed by atoms with van der Waals surface area (Å²) in [6.07, 6.45) is 3.37. The fourth-order valence-corrected chi connectivity index (χ4v) is 9.29. The van der Waals surface area contributed by atoms with Crippen molar-refractivity contribution in [3.05, 3.63) is 0 Å². The Kier molecular flexibility index (Phi) is 6.07. The number of alkyl halides is 2. The molecule has 11 nitrogen and oxygen atoms in total. The van der Waals surface area contributed by atoms with Gasteiger partial charge in [-0.25, -0.2) is 9.59 Å². The van der Waals surface area contributed by atoms with Crippen molar-refractivity contribution < 1.29 is 59.9 Å². The summed E-state index contributed by atoms with van der Waals surface area (Å²) < 4.78 is 79.3. The quantitative estimate of drug-likeness (QED) is 0.255. The van der Waals surface area contributed by atoms with Gasteiger partial charge in [0.05, 0.1) is 11.8 Å². The van der Waals surface area contributed by atoms with Crippen molar-refractivity contribution in [1.82, 2.24) is 0 Å². The van der Waals surface area contributed by atoms with Gasteiger partial charge in [0.2, 0.25) is 0 Å². The van der Waals surface area contributed by atoms with Crippen LogP contribution in [0.25, 0.3) is 0 Å². The van der Waals surface area contributed by atoms with E-state index in [1.807, 2.05) is 6.92 Å². The Morgan fingerprint density at radius 2 is 1.67 bits per heavy atom. The number of rotatable bonds is 8. The second-order valence-corrected chi connectivity index (χ2v) is 13.5. The summed E-state index contributed by atoms with van der Waals surface area (Å²) in [5.74, 6) is -6.96. The second-order valence-electron chi connectivity index (χ2n) is 12.1. The minimum absolute atomic E-state index is 0.102. The Balaban J connectivity index is 1.12. The van der Waals surface area contributed by atoms with Gasteiger partial charge in [-0.15, -0.1) is 0 Å². The highest BCUT2D eigenvalue weighted by atomic mass is 32.2. The Hall–Kier alpha value is -2.35. The highest BCUT2D eigenvalue weighted by molar-refractivity contribution is 7.87. The summed E-state index contributed by atoms with van der Waals surface area (Å²) in [7, 11) is -6.11.